The first kappa shape index (κ1) is 16.9. The van der Waals surface area contributed by atoms with Crippen LogP contribution in [0.5, 0.6) is 0 Å². The minimum Gasteiger partial charge on any atom is -0.379 e. The lowest BCUT2D eigenvalue weighted by Crippen LogP contribution is -2.39. The van der Waals surface area contributed by atoms with Crippen molar-refractivity contribution in [3.8, 4) is 0 Å². The summed E-state index contributed by atoms with van der Waals surface area (Å²) in [7, 11) is 4.16. The fourth-order valence-electron chi connectivity index (χ4n) is 2.28. The Morgan fingerprint density at radius 2 is 2.00 bits per heavy atom. The second-order valence-electron chi connectivity index (χ2n) is 7.00. The van der Waals surface area contributed by atoms with E-state index >= 15 is 0 Å². The quantitative estimate of drug-likeness (QED) is 0.673. The molecule has 19 heavy (non-hydrogen) atoms. The van der Waals surface area contributed by atoms with E-state index in [1.165, 1.54) is 19.5 Å². The summed E-state index contributed by atoms with van der Waals surface area (Å²) in [4.78, 5) is 4.69. The van der Waals surface area contributed by atoms with Crippen LogP contribution >= 0.6 is 0 Å². The molecular weight excluding hydrogens is 238 g/mol. The molecule has 0 aliphatic carbocycles. The Bertz CT molecular complexity index is 238. The van der Waals surface area contributed by atoms with Gasteiger partial charge in [0.1, 0.15) is 0 Å². The summed E-state index contributed by atoms with van der Waals surface area (Å²) in [5, 5.41) is 3.61. The molecule has 0 radical (unpaired) electrons. The third-order valence-electron chi connectivity index (χ3n) is 3.53. The van der Waals surface area contributed by atoms with Gasteiger partial charge < -0.3 is 19.9 Å². The molecule has 0 saturated carbocycles. The average molecular weight is 271 g/mol. The van der Waals surface area contributed by atoms with Crippen LogP contribution in [0.3, 0.4) is 0 Å². The van der Waals surface area contributed by atoms with E-state index < -0.39 is 0 Å². The molecule has 0 bridgehead atoms. The number of nitrogens with one attached hydrogen (secondary N) is 1. The van der Waals surface area contributed by atoms with Crippen molar-refractivity contribution in [1.82, 2.24) is 15.1 Å². The first-order chi connectivity index (χ1) is 8.87. The van der Waals surface area contributed by atoms with E-state index in [4.69, 9.17) is 4.74 Å². The maximum absolute atomic E-state index is 5.66. The Balaban J connectivity index is 2.02. The van der Waals surface area contributed by atoms with Crippen LogP contribution in [-0.4, -0.2) is 75.4 Å². The highest BCUT2D eigenvalue weighted by atomic mass is 16.5. The smallest absolute Gasteiger partial charge is 0.0594 e. The zero-order valence-corrected chi connectivity index (χ0v) is 13.5. The fraction of sp³-hybridized carbons (Fsp3) is 1.00. The lowest BCUT2D eigenvalue weighted by Gasteiger charge is -2.23. The van der Waals surface area contributed by atoms with Crippen LogP contribution in [0.4, 0.5) is 0 Å². The van der Waals surface area contributed by atoms with E-state index in [1.54, 1.807) is 0 Å². The third-order valence-corrected chi connectivity index (χ3v) is 3.53. The van der Waals surface area contributed by atoms with Crippen molar-refractivity contribution in [2.75, 3.05) is 60.0 Å². The maximum Gasteiger partial charge on any atom is 0.0594 e. The van der Waals surface area contributed by atoms with E-state index in [0.29, 0.717) is 0 Å². The predicted molar refractivity (Wildman–Crippen MR) is 81.7 cm³/mol. The van der Waals surface area contributed by atoms with Gasteiger partial charge in [0.2, 0.25) is 0 Å². The van der Waals surface area contributed by atoms with Gasteiger partial charge in [0, 0.05) is 25.2 Å². The van der Waals surface area contributed by atoms with Crippen LogP contribution in [0.25, 0.3) is 0 Å². The second-order valence-corrected chi connectivity index (χ2v) is 7.00. The van der Waals surface area contributed by atoms with Gasteiger partial charge in [-0.25, -0.2) is 0 Å². The number of ether oxygens (including phenoxy) is 1. The van der Waals surface area contributed by atoms with E-state index in [-0.39, 0.29) is 5.54 Å². The van der Waals surface area contributed by atoms with Crippen LogP contribution in [0.15, 0.2) is 0 Å². The van der Waals surface area contributed by atoms with Crippen LogP contribution < -0.4 is 5.32 Å². The van der Waals surface area contributed by atoms with Crippen LogP contribution in [-0.2, 0) is 4.74 Å². The van der Waals surface area contributed by atoms with Gasteiger partial charge in [0.15, 0.2) is 0 Å². The molecule has 1 unspecified atom stereocenters. The van der Waals surface area contributed by atoms with Gasteiger partial charge in [-0.15, -0.1) is 0 Å². The number of hydrogen-bond acceptors (Lipinski definition) is 4. The van der Waals surface area contributed by atoms with Crippen LogP contribution in [0, 0.1) is 5.92 Å². The van der Waals surface area contributed by atoms with Gasteiger partial charge in [-0.05, 0) is 60.3 Å². The van der Waals surface area contributed by atoms with E-state index in [0.717, 1.165) is 38.8 Å². The highest BCUT2D eigenvalue weighted by Gasteiger charge is 2.23. The Morgan fingerprint density at radius 1 is 1.26 bits per heavy atom. The normalized spacial score (nSPS) is 21.5. The monoisotopic (exact) mass is 271 g/mol. The molecular formula is C15H33N3O. The first-order valence-electron chi connectivity index (χ1n) is 7.56. The molecule has 1 aliphatic rings. The average Bonchev–Trinajstić information content (AvgIpc) is 2.72. The summed E-state index contributed by atoms with van der Waals surface area (Å²) in [6, 6.07) is 0. The van der Waals surface area contributed by atoms with E-state index in [9.17, 15) is 0 Å². The summed E-state index contributed by atoms with van der Waals surface area (Å²) in [5.41, 5.74) is 0.239. The third kappa shape index (κ3) is 8.58. The molecule has 0 aromatic heterocycles. The standard InChI is InChI=1S/C15H33N3O/c1-15(2,3)16-12-14-6-7-18(13-14)9-11-19-10-8-17(4)5/h14,16H,6-13H2,1-5H3. The number of likely N-dealkylation sites (N-methyl/N-ethyl adjacent to an activating group) is 1. The molecule has 1 heterocycles. The molecule has 1 fully saturated rings. The first-order valence-corrected chi connectivity index (χ1v) is 7.56. The Labute approximate surface area is 119 Å². The van der Waals surface area contributed by atoms with Crippen molar-refractivity contribution in [3.05, 3.63) is 0 Å². The molecule has 1 aliphatic heterocycles. The van der Waals surface area contributed by atoms with Gasteiger partial charge in [-0.3, -0.25) is 0 Å². The zero-order valence-electron chi connectivity index (χ0n) is 13.5. The molecule has 114 valence electrons. The second kappa shape index (κ2) is 8.20. The van der Waals surface area contributed by atoms with Gasteiger partial charge in [0.05, 0.1) is 13.2 Å². The molecule has 0 spiro atoms. The minimum atomic E-state index is 0.239. The molecule has 1 saturated heterocycles. The Morgan fingerprint density at radius 3 is 2.63 bits per heavy atom. The molecule has 1 rings (SSSR count). The van der Waals surface area contributed by atoms with Crippen LogP contribution in [0.1, 0.15) is 27.2 Å². The summed E-state index contributed by atoms with van der Waals surface area (Å²) in [6.45, 7) is 14.1. The van der Waals surface area contributed by atoms with Crippen molar-refractivity contribution < 1.29 is 4.74 Å². The molecule has 1 N–H and O–H groups in total. The maximum atomic E-state index is 5.66. The van der Waals surface area contributed by atoms with Crippen molar-refractivity contribution >= 4 is 0 Å². The highest BCUT2D eigenvalue weighted by molar-refractivity contribution is 4.80. The van der Waals surface area contributed by atoms with Gasteiger partial charge >= 0.3 is 0 Å². The predicted octanol–water partition coefficient (Wildman–Crippen LogP) is 1.27. The van der Waals surface area contributed by atoms with Crippen molar-refractivity contribution in [2.45, 2.75) is 32.7 Å². The lowest BCUT2D eigenvalue weighted by atomic mass is 10.1. The summed E-state index contributed by atoms with van der Waals surface area (Å²) in [6.07, 6.45) is 1.32. The number of likely N-dealkylation sites (tertiary alicyclic amines) is 1. The van der Waals surface area contributed by atoms with Gasteiger partial charge in [0.25, 0.3) is 0 Å². The van der Waals surface area contributed by atoms with E-state index in [1.807, 2.05) is 0 Å². The Hall–Kier alpha value is -0.160. The number of rotatable bonds is 8. The SMILES string of the molecule is CN(C)CCOCCN1CCC(CNC(C)(C)C)C1. The molecule has 0 aromatic rings. The molecule has 1 atom stereocenters. The minimum absolute atomic E-state index is 0.239. The van der Waals surface area contributed by atoms with Crippen molar-refractivity contribution in [3.63, 3.8) is 0 Å². The van der Waals surface area contributed by atoms with E-state index in [2.05, 4.69) is 50.0 Å². The topological polar surface area (TPSA) is 27.7 Å². The number of hydrogen-bond donors (Lipinski definition) is 1. The molecule has 4 heteroatoms. The lowest BCUT2D eigenvalue weighted by molar-refractivity contribution is 0.0974. The van der Waals surface area contributed by atoms with Crippen LogP contribution in [0.2, 0.25) is 0 Å². The van der Waals surface area contributed by atoms with Gasteiger partial charge in [-0.2, -0.15) is 0 Å². The highest BCUT2D eigenvalue weighted by Crippen LogP contribution is 2.15. The number of nitrogens with zero attached hydrogens (tertiary/aromatic N) is 2. The molecule has 4 nitrogen and oxygen atoms in total. The molecule has 0 aromatic carbocycles. The summed E-state index contributed by atoms with van der Waals surface area (Å²) in [5.74, 6) is 0.806. The van der Waals surface area contributed by atoms with Crippen molar-refractivity contribution in [1.29, 1.82) is 0 Å². The van der Waals surface area contributed by atoms with Gasteiger partial charge in [-0.1, -0.05) is 0 Å². The largest absolute Gasteiger partial charge is 0.379 e. The summed E-state index contributed by atoms with van der Waals surface area (Å²) >= 11 is 0. The Kier molecular flexibility index (Phi) is 7.29. The zero-order chi connectivity index (χ0) is 14.3. The van der Waals surface area contributed by atoms with Crippen molar-refractivity contribution in [2.24, 2.45) is 5.92 Å². The summed E-state index contributed by atoms with van der Waals surface area (Å²) < 4.78 is 5.66. The molecule has 0 amide bonds. The fourth-order valence-corrected chi connectivity index (χ4v) is 2.28.